The average Bonchev–Trinajstić information content (AvgIpc) is 3.11. The largest absolute Gasteiger partial charge is 0.487 e. The standard InChI is InChI=1S/C20H17Cl2NO2S/c1-13-6-7-17(22)18(8-13)25-11-14-9-19(26-12-14)20(24)23-10-15-4-2-3-5-16(15)21/h2-9,12H,10-11H2,1H3,(H,23,24). The molecule has 1 aromatic heterocycles. The topological polar surface area (TPSA) is 38.3 Å². The Morgan fingerprint density at radius 1 is 1.12 bits per heavy atom. The summed E-state index contributed by atoms with van der Waals surface area (Å²) >= 11 is 13.6. The molecule has 0 aliphatic carbocycles. The number of carbonyl (C=O) groups excluding carboxylic acids is 1. The lowest BCUT2D eigenvalue weighted by Crippen LogP contribution is -2.21. The first kappa shape index (κ1) is 18.8. The number of ether oxygens (including phenoxy) is 1. The van der Waals surface area contributed by atoms with E-state index in [-0.39, 0.29) is 5.91 Å². The third kappa shape index (κ3) is 4.79. The van der Waals surface area contributed by atoms with E-state index >= 15 is 0 Å². The van der Waals surface area contributed by atoms with Crippen LogP contribution in [-0.2, 0) is 13.2 Å². The molecule has 0 bridgehead atoms. The van der Waals surface area contributed by atoms with Gasteiger partial charge in [0.05, 0.1) is 9.90 Å². The lowest BCUT2D eigenvalue weighted by atomic mass is 10.2. The number of amides is 1. The second-order valence-corrected chi connectivity index (χ2v) is 7.54. The van der Waals surface area contributed by atoms with E-state index in [2.05, 4.69) is 5.32 Å². The van der Waals surface area contributed by atoms with Crippen molar-refractivity contribution in [3.05, 3.63) is 85.5 Å². The molecule has 0 unspecified atom stereocenters. The highest BCUT2D eigenvalue weighted by Gasteiger charge is 2.11. The molecule has 26 heavy (non-hydrogen) atoms. The van der Waals surface area contributed by atoms with Crippen molar-refractivity contribution in [3.8, 4) is 5.75 Å². The molecule has 2 aromatic carbocycles. The number of hydrogen-bond donors (Lipinski definition) is 1. The molecule has 0 aliphatic heterocycles. The van der Waals surface area contributed by atoms with Crippen LogP contribution in [0.5, 0.6) is 5.75 Å². The Morgan fingerprint density at radius 3 is 2.73 bits per heavy atom. The van der Waals surface area contributed by atoms with Crippen molar-refractivity contribution in [1.82, 2.24) is 5.32 Å². The zero-order valence-electron chi connectivity index (χ0n) is 14.1. The van der Waals surface area contributed by atoms with Crippen LogP contribution in [0.3, 0.4) is 0 Å². The van der Waals surface area contributed by atoms with Crippen molar-refractivity contribution in [2.24, 2.45) is 0 Å². The van der Waals surface area contributed by atoms with Crippen molar-refractivity contribution in [2.75, 3.05) is 0 Å². The monoisotopic (exact) mass is 405 g/mol. The summed E-state index contributed by atoms with van der Waals surface area (Å²) in [5.41, 5.74) is 2.89. The van der Waals surface area contributed by atoms with Crippen molar-refractivity contribution in [1.29, 1.82) is 0 Å². The minimum absolute atomic E-state index is 0.130. The Balaban J connectivity index is 1.58. The number of nitrogens with one attached hydrogen (secondary N) is 1. The lowest BCUT2D eigenvalue weighted by molar-refractivity contribution is 0.0955. The van der Waals surface area contributed by atoms with E-state index < -0.39 is 0 Å². The fraction of sp³-hybridized carbons (Fsp3) is 0.150. The zero-order valence-corrected chi connectivity index (χ0v) is 16.4. The second kappa shape index (κ2) is 8.58. The molecule has 1 heterocycles. The maximum atomic E-state index is 12.3. The van der Waals surface area contributed by atoms with Gasteiger partial charge in [-0.15, -0.1) is 11.3 Å². The highest BCUT2D eigenvalue weighted by Crippen LogP contribution is 2.27. The predicted molar refractivity (Wildman–Crippen MR) is 107 cm³/mol. The van der Waals surface area contributed by atoms with Crippen LogP contribution >= 0.6 is 34.5 Å². The first-order valence-corrected chi connectivity index (χ1v) is 9.64. The molecule has 0 saturated heterocycles. The van der Waals surface area contributed by atoms with Crippen LogP contribution in [0.1, 0.15) is 26.4 Å². The molecule has 3 nitrogen and oxygen atoms in total. The third-order valence-electron chi connectivity index (χ3n) is 3.76. The molecule has 0 atom stereocenters. The minimum Gasteiger partial charge on any atom is -0.487 e. The number of aryl methyl sites for hydroxylation is 1. The van der Waals surface area contributed by atoms with Crippen molar-refractivity contribution in [2.45, 2.75) is 20.1 Å². The van der Waals surface area contributed by atoms with Gasteiger partial charge in [0.25, 0.3) is 5.91 Å². The molecule has 1 N–H and O–H groups in total. The van der Waals surface area contributed by atoms with Crippen LogP contribution in [0.25, 0.3) is 0 Å². The fourth-order valence-corrected chi connectivity index (χ4v) is 3.54. The summed E-state index contributed by atoms with van der Waals surface area (Å²) in [7, 11) is 0. The predicted octanol–water partition coefficient (Wildman–Crippen LogP) is 5.87. The maximum Gasteiger partial charge on any atom is 0.261 e. The zero-order chi connectivity index (χ0) is 18.5. The van der Waals surface area contributed by atoms with Gasteiger partial charge in [0, 0.05) is 17.1 Å². The SMILES string of the molecule is Cc1ccc(Cl)c(OCc2csc(C(=O)NCc3ccccc3Cl)c2)c1. The fourth-order valence-electron chi connectivity index (χ4n) is 2.36. The van der Waals surface area contributed by atoms with Crippen LogP contribution < -0.4 is 10.1 Å². The van der Waals surface area contributed by atoms with E-state index in [4.69, 9.17) is 27.9 Å². The Bertz CT molecular complexity index is 924. The van der Waals surface area contributed by atoms with E-state index in [9.17, 15) is 4.79 Å². The minimum atomic E-state index is -0.130. The Hall–Kier alpha value is -2.01. The van der Waals surface area contributed by atoms with Gasteiger partial charge in [-0.2, -0.15) is 0 Å². The van der Waals surface area contributed by atoms with Gasteiger partial charge >= 0.3 is 0 Å². The Kier molecular flexibility index (Phi) is 6.20. The van der Waals surface area contributed by atoms with Gasteiger partial charge in [-0.25, -0.2) is 0 Å². The van der Waals surface area contributed by atoms with E-state index in [1.54, 1.807) is 6.07 Å². The molecule has 0 radical (unpaired) electrons. The van der Waals surface area contributed by atoms with E-state index in [0.717, 1.165) is 16.7 Å². The molecule has 0 spiro atoms. The lowest BCUT2D eigenvalue weighted by Gasteiger charge is -2.07. The summed E-state index contributed by atoms with van der Waals surface area (Å²) < 4.78 is 5.77. The van der Waals surface area contributed by atoms with E-state index in [1.807, 2.05) is 54.8 Å². The molecule has 0 fully saturated rings. The number of hydrogen-bond acceptors (Lipinski definition) is 3. The molecule has 3 aromatic rings. The number of thiophene rings is 1. The summed E-state index contributed by atoms with van der Waals surface area (Å²) in [4.78, 5) is 12.9. The normalized spacial score (nSPS) is 10.6. The van der Waals surface area contributed by atoms with Gasteiger partial charge in [-0.05, 0) is 47.7 Å². The third-order valence-corrected chi connectivity index (χ3v) is 5.41. The van der Waals surface area contributed by atoms with Crippen LogP contribution in [0.15, 0.2) is 53.9 Å². The number of rotatable bonds is 6. The summed E-state index contributed by atoms with van der Waals surface area (Å²) in [6.45, 7) is 2.73. The van der Waals surface area contributed by atoms with Crippen LogP contribution in [0, 0.1) is 6.92 Å². The number of halogens is 2. The van der Waals surface area contributed by atoms with Gasteiger partial charge in [-0.3, -0.25) is 4.79 Å². The first-order chi connectivity index (χ1) is 12.5. The molecule has 1 amide bonds. The molecule has 6 heteroatoms. The van der Waals surface area contributed by atoms with E-state index in [0.29, 0.717) is 33.8 Å². The number of carbonyl (C=O) groups is 1. The van der Waals surface area contributed by atoms with Gasteiger partial charge in [0.1, 0.15) is 12.4 Å². The summed E-state index contributed by atoms with van der Waals surface area (Å²) in [6, 6.07) is 14.9. The highest BCUT2D eigenvalue weighted by molar-refractivity contribution is 7.12. The number of benzene rings is 2. The molecule has 134 valence electrons. The first-order valence-electron chi connectivity index (χ1n) is 8.01. The van der Waals surface area contributed by atoms with Crippen molar-refractivity contribution >= 4 is 40.4 Å². The van der Waals surface area contributed by atoms with Gasteiger partial charge in [0.2, 0.25) is 0 Å². The molecule has 0 saturated carbocycles. The summed E-state index contributed by atoms with van der Waals surface area (Å²) in [5, 5.41) is 6.01. The van der Waals surface area contributed by atoms with Gasteiger partial charge in [0.15, 0.2) is 0 Å². The van der Waals surface area contributed by atoms with Crippen LogP contribution in [-0.4, -0.2) is 5.91 Å². The Labute approximate surface area is 166 Å². The quantitative estimate of drug-likeness (QED) is 0.556. The van der Waals surface area contributed by atoms with Crippen molar-refractivity contribution < 1.29 is 9.53 Å². The summed E-state index contributed by atoms with van der Waals surface area (Å²) in [5.74, 6) is 0.511. The summed E-state index contributed by atoms with van der Waals surface area (Å²) in [6.07, 6.45) is 0. The van der Waals surface area contributed by atoms with Gasteiger partial charge < -0.3 is 10.1 Å². The van der Waals surface area contributed by atoms with Crippen LogP contribution in [0.2, 0.25) is 10.0 Å². The van der Waals surface area contributed by atoms with E-state index in [1.165, 1.54) is 11.3 Å². The smallest absolute Gasteiger partial charge is 0.261 e. The Morgan fingerprint density at radius 2 is 1.92 bits per heavy atom. The molecular weight excluding hydrogens is 389 g/mol. The average molecular weight is 406 g/mol. The second-order valence-electron chi connectivity index (χ2n) is 5.82. The van der Waals surface area contributed by atoms with Gasteiger partial charge in [-0.1, -0.05) is 47.5 Å². The van der Waals surface area contributed by atoms with Crippen LogP contribution in [0.4, 0.5) is 0 Å². The highest BCUT2D eigenvalue weighted by atomic mass is 35.5. The molecule has 0 aliphatic rings. The molecule has 3 rings (SSSR count). The molecular formula is C20H17Cl2NO2S. The van der Waals surface area contributed by atoms with Crippen molar-refractivity contribution in [3.63, 3.8) is 0 Å². The maximum absolute atomic E-state index is 12.3.